The molecule has 0 amide bonds. The molecule has 0 radical (unpaired) electrons. The van der Waals surface area contributed by atoms with Crippen LogP contribution in [0.1, 0.15) is 30.1 Å². The summed E-state index contributed by atoms with van der Waals surface area (Å²) < 4.78 is 0. The van der Waals surface area contributed by atoms with Crippen LogP contribution in [0, 0.1) is 0 Å². The van der Waals surface area contributed by atoms with Gasteiger partial charge in [-0.25, -0.2) is 9.97 Å². The summed E-state index contributed by atoms with van der Waals surface area (Å²) in [5.41, 5.74) is 5.79. The van der Waals surface area contributed by atoms with Gasteiger partial charge in [-0.05, 0) is 48.7 Å². The predicted molar refractivity (Wildman–Crippen MR) is 126 cm³/mol. The van der Waals surface area contributed by atoms with Crippen molar-refractivity contribution >= 4 is 16.9 Å². The van der Waals surface area contributed by atoms with Crippen molar-refractivity contribution in [2.24, 2.45) is 0 Å². The molecule has 1 aliphatic rings. The molecule has 0 unspecified atom stereocenters. The third-order valence-electron chi connectivity index (χ3n) is 6.02. The first kappa shape index (κ1) is 19.6. The van der Waals surface area contributed by atoms with E-state index in [1.165, 1.54) is 22.9 Å². The van der Waals surface area contributed by atoms with Gasteiger partial charge in [-0.15, -0.1) is 0 Å². The number of likely N-dealkylation sites (tertiary alicyclic amines) is 1. The third kappa shape index (κ3) is 4.01. The van der Waals surface area contributed by atoms with Gasteiger partial charge >= 0.3 is 0 Å². The van der Waals surface area contributed by atoms with Crippen LogP contribution >= 0.6 is 0 Å². The Labute approximate surface area is 183 Å². The number of fused-ring (bicyclic) bond motifs is 1. The Bertz CT molecular complexity index is 1190. The lowest BCUT2D eigenvalue weighted by Gasteiger charge is -2.27. The third-order valence-corrected chi connectivity index (χ3v) is 6.02. The molecule has 2 aromatic carbocycles. The van der Waals surface area contributed by atoms with Gasteiger partial charge in [0.05, 0.1) is 17.3 Å². The molecule has 31 heavy (non-hydrogen) atoms. The van der Waals surface area contributed by atoms with E-state index in [0.29, 0.717) is 0 Å². The summed E-state index contributed by atoms with van der Waals surface area (Å²) in [7, 11) is 3.99. The van der Waals surface area contributed by atoms with E-state index in [2.05, 4.69) is 69.5 Å². The average Bonchev–Trinajstić information content (AvgIpc) is 3.27. The molecule has 2 aromatic heterocycles. The molecule has 1 saturated heterocycles. The minimum Gasteiger partial charge on any atom is -0.347 e. The number of rotatable bonds is 5. The molecule has 1 atom stereocenters. The summed E-state index contributed by atoms with van der Waals surface area (Å²) in [6.45, 7) is 1.98. The quantitative estimate of drug-likeness (QED) is 0.459. The first-order chi connectivity index (χ1) is 15.2. The molecule has 0 saturated carbocycles. The number of anilines is 1. The Hall–Kier alpha value is -3.31. The molecule has 0 N–H and O–H groups in total. The van der Waals surface area contributed by atoms with Crippen LogP contribution in [-0.4, -0.2) is 40.5 Å². The minimum atomic E-state index is 0.279. The van der Waals surface area contributed by atoms with Gasteiger partial charge in [-0.1, -0.05) is 42.5 Å². The smallest absolute Gasteiger partial charge is 0.225 e. The molecule has 1 fully saturated rings. The van der Waals surface area contributed by atoms with Crippen LogP contribution in [0.4, 0.5) is 5.95 Å². The average molecular weight is 410 g/mol. The van der Waals surface area contributed by atoms with Crippen LogP contribution in [0.5, 0.6) is 0 Å². The first-order valence-corrected chi connectivity index (χ1v) is 10.9. The van der Waals surface area contributed by atoms with E-state index in [1.54, 1.807) is 0 Å². The summed E-state index contributed by atoms with van der Waals surface area (Å²) in [6.07, 6.45) is 6.13. The van der Waals surface area contributed by atoms with Crippen molar-refractivity contribution in [3.8, 4) is 11.1 Å². The Morgan fingerprint density at radius 3 is 2.71 bits per heavy atom. The normalized spacial score (nSPS) is 16.6. The number of aromatic nitrogens is 3. The minimum absolute atomic E-state index is 0.279. The highest BCUT2D eigenvalue weighted by Crippen LogP contribution is 2.38. The molecule has 156 valence electrons. The van der Waals surface area contributed by atoms with Crippen LogP contribution in [0.15, 0.2) is 73.1 Å². The lowest BCUT2D eigenvalue weighted by Crippen LogP contribution is -2.25. The molecule has 3 heterocycles. The van der Waals surface area contributed by atoms with E-state index < -0.39 is 0 Å². The zero-order valence-electron chi connectivity index (χ0n) is 18.1. The maximum atomic E-state index is 5.04. The number of nitrogens with zero attached hydrogens (tertiary/aromatic N) is 5. The first-order valence-electron chi connectivity index (χ1n) is 10.9. The van der Waals surface area contributed by atoms with Gasteiger partial charge in [0, 0.05) is 44.0 Å². The predicted octanol–water partition coefficient (Wildman–Crippen LogP) is 5.09. The Morgan fingerprint density at radius 2 is 1.87 bits per heavy atom. The fourth-order valence-corrected chi connectivity index (χ4v) is 4.48. The summed E-state index contributed by atoms with van der Waals surface area (Å²) in [5, 5.41) is 1.19. The van der Waals surface area contributed by atoms with Gasteiger partial charge in [0.15, 0.2) is 0 Å². The van der Waals surface area contributed by atoms with Crippen molar-refractivity contribution in [3.05, 3.63) is 84.3 Å². The molecule has 0 aliphatic carbocycles. The van der Waals surface area contributed by atoms with Gasteiger partial charge < -0.3 is 4.90 Å². The van der Waals surface area contributed by atoms with E-state index in [9.17, 15) is 0 Å². The Balaban J connectivity index is 1.51. The van der Waals surface area contributed by atoms with E-state index in [1.807, 2.05) is 37.5 Å². The highest BCUT2D eigenvalue weighted by Gasteiger charge is 2.30. The second-order valence-corrected chi connectivity index (χ2v) is 8.39. The van der Waals surface area contributed by atoms with Gasteiger partial charge in [-0.2, -0.15) is 0 Å². The van der Waals surface area contributed by atoms with Crippen molar-refractivity contribution in [1.82, 2.24) is 19.9 Å². The molecule has 0 bridgehead atoms. The molecule has 1 aliphatic heterocycles. The summed E-state index contributed by atoms with van der Waals surface area (Å²) >= 11 is 0. The summed E-state index contributed by atoms with van der Waals surface area (Å²) in [6, 6.07) is 21.5. The zero-order valence-corrected chi connectivity index (χ0v) is 18.1. The van der Waals surface area contributed by atoms with Gasteiger partial charge in [0.25, 0.3) is 0 Å². The lowest BCUT2D eigenvalue weighted by molar-refractivity contribution is 0.245. The Kier molecular flexibility index (Phi) is 5.35. The lowest BCUT2D eigenvalue weighted by atomic mass is 9.99. The molecule has 5 rings (SSSR count). The molecule has 5 heteroatoms. The largest absolute Gasteiger partial charge is 0.347 e. The van der Waals surface area contributed by atoms with E-state index in [-0.39, 0.29) is 6.04 Å². The topological polar surface area (TPSA) is 45.2 Å². The molecule has 5 nitrogen and oxygen atoms in total. The van der Waals surface area contributed by atoms with E-state index >= 15 is 0 Å². The summed E-state index contributed by atoms with van der Waals surface area (Å²) in [4.78, 5) is 18.6. The van der Waals surface area contributed by atoms with Crippen LogP contribution in [-0.2, 0) is 6.54 Å². The SMILES string of the molecule is CN(C)c1ncc(-c2ccccc2)c([C@@H]2CCCN2Cc2ccc3ncccc3c2)n1. The van der Waals surface area contributed by atoms with Crippen LogP contribution in [0.3, 0.4) is 0 Å². The van der Waals surface area contributed by atoms with Gasteiger partial charge in [-0.3, -0.25) is 9.88 Å². The number of hydrogen-bond donors (Lipinski definition) is 0. The second kappa shape index (κ2) is 8.44. The number of benzene rings is 2. The molecular weight excluding hydrogens is 382 g/mol. The maximum absolute atomic E-state index is 5.04. The van der Waals surface area contributed by atoms with Crippen LogP contribution in [0.25, 0.3) is 22.0 Å². The van der Waals surface area contributed by atoms with Crippen LogP contribution < -0.4 is 4.90 Å². The van der Waals surface area contributed by atoms with Gasteiger partial charge in [0.1, 0.15) is 0 Å². The van der Waals surface area contributed by atoms with E-state index in [4.69, 9.17) is 4.98 Å². The monoisotopic (exact) mass is 409 g/mol. The molecule has 4 aromatic rings. The maximum Gasteiger partial charge on any atom is 0.225 e. The van der Waals surface area contributed by atoms with Crippen molar-refractivity contribution in [1.29, 1.82) is 0 Å². The van der Waals surface area contributed by atoms with Crippen molar-refractivity contribution in [3.63, 3.8) is 0 Å². The van der Waals surface area contributed by atoms with Crippen molar-refractivity contribution < 1.29 is 0 Å². The van der Waals surface area contributed by atoms with Crippen molar-refractivity contribution in [2.45, 2.75) is 25.4 Å². The summed E-state index contributed by atoms with van der Waals surface area (Å²) in [5.74, 6) is 0.762. The number of hydrogen-bond acceptors (Lipinski definition) is 5. The molecule has 0 spiro atoms. The fourth-order valence-electron chi connectivity index (χ4n) is 4.48. The van der Waals surface area contributed by atoms with Gasteiger partial charge in [0.2, 0.25) is 5.95 Å². The van der Waals surface area contributed by atoms with Crippen LogP contribution in [0.2, 0.25) is 0 Å². The Morgan fingerprint density at radius 1 is 1.00 bits per heavy atom. The second-order valence-electron chi connectivity index (χ2n) is 8.39. The van der Waals surface area contributed by atoms with Crippen molar-refractivity contribution in [2.75, 3.05) is 25.5 Å². The standard InChI is InChI=1S/C26H27N5/c1-30(2)26-28-17-22(20-8-4-3-5-9-20)25(29-26)24-11-7-15-31(24)18-19-12-13-23-21(16-19)10-6-14-27-23/h3-6,8-10,12-14,16-17,24H,7,11,15,18H2,1-2H3/t24-/m0/s1. The number of pyridine rings is 1. The fraction of sp³-hybridized carbons (Fsp3) is 0.269. The van der Waals surface area contributed by atoms with E-state index in [0.717, 1.165) is 42.2 Å². The molecular formula is C26H27N5. The zero-order chi connectivity index (χ0) is 21.2. The highest BCUT2D eigenvalue weighted by atomic mass is 15.2. The highest BCUT2D eigenvalue weighted by molar-refractivity contribution is 5.78.